The summed E-state index contributed by atoms with van der Waals surface area (Å²) in [5.41, 5.74) is 1.84. The lowest BCUT2D eigenvalue weighted by Gasteiger charge is -2.03. The van der Waals surface area contributed by atoms with Crippen LogP contribution in [0.4, 0.5) is 5.69 Å². The molecule has 0 amide bonds. The van der Waals surface area contributed by atoms with Crippen LogP contribution in [0.25, 0.3) is 10.6 Å². The van der Waals surface area contributed by atoms with Crippen molar-refractivity contribution in [2.24, 2.45) is 10.1 Å². The van der Waals surface area contributed by atoms with Gasteiger partial charge in [-0.05, 0) is 42.6 Å². The molecule has 3 rings (SSSR count). The zero-order chi connectivity index (χ0) is 16.4. The predicted octanol–water partition coefficient (Wildman–Crippen LogP) is 3.18. The summed E-state index contributed by atoms with van der Waals surface area (Å²) in [7, 11) is -3.67. The number of thiazole rings is 1. The molecule has 0 radical (unpaired) electrons. The molecule has 120 valence electrons. The number of nitrogens with zero attached hydrogens (tertiary/aromatic N) is 2. The van der Waals surface area contributed by atoms with E-state index in [4.69, 9.17) is 5.14 Å². The zero-order valence-corrected chi connectivity index (χ0v) is 14.8. The lowest BCUT2D eigenvalue weighted by Crippen LogP contribution is -2.14. The van der Waals surface area contributed by atoms with Gasteiger partial charge in [-0.2, -0.15) is 0 Å². The summed E-state index contributed by atoms with van der Waals surface area (Å²) in [6.07, 6.45) is 0. The second kappa shape index (κ2) is 6.40. The molecule has 0 saturated carbocycles. The van der Waals surface area contributed by atoms with Gasteiger partial charge in [0.1, 0.15) is 0 Å². The fourth-order valence-corrected chi connectivity index (χ4v) is 4.49. The van der Waals surface area contributed by atoms with Gasteiger partial charge in [0.2, 0.25) is 10.0 Å². The van der Waals surface area contributed by atoms with E-state index < -0.39 is 10.0 Å². The highest BCUT2D eigenvalue weighted by Gasteiger charge is 2.09. The van der Waals surface area contributed by atoms with Crippen LogP contribution in [0, 0.1) is 0 Å². The van der Waals surface area contributed by atoms with Crippen molar-refractivity contribution in [2.75, 3.05) is 0 Å². The molecule has 5 nitrogen and oxygen atoms in total. The normalized spacial score (nSPS) is 12.7. The minimum absolute atomic E-state index is 0.0882. The van der Waals surface area contributed by atoms with Gasteiger partial charge in [-0.1, -0.05) is 6.07 Å². The quantitative estimate of drug-likeness (QED) is 0.771. The Morgan fingerprint density at radius 2 is 1.91 bits per heavy atom. The molecule has 0 unspecified atom stereocenters. The third kappa shape index (κ3) is 3.45. The van der Waals surface area contributed by atoms with Crippen LogP contribution in [0.1, 0.15) is 6.92 Å². The Balaban J connectivity index is 2.03. The molecule has 0 spiro atoms. The highest BCUT2D eigenvalue weighted by Crippen LogP contribution is 2.25. The van der Waals surface area contributed by atoms with Crippen molar-refractivity contribution in [1.82, 2.24) is 4.57 Å². The maximum absolute atomic E-state index is 11.3. The first-order valence-corrected chi connectivity index (χ1v) is 10.2. The topological polar surface area (TPSA) is 77.5 Å². The number of nitrogens with two attached hydrogens (primary N) is 1. The SMILES string of the molecule is CCn1c(-c2cccs2)csc1=Nc1ccc(S(N)(=O)=O)cc1. The van der Waals surface area contributed by atoms with Crippen LogP contribution in [0.5, 0.6) is 0 Å². The van der Waals surface area contributed by atoms with E-state index >= 15 is 0 Å². The molecule has 2 N–H and O–H groups in total. The van der Waals surface area contributed by atoms with Crippen molar-refractivity contribution in [3.63, 3.8) is 0 Å². The van der Waals surface area contributed by atoms with Gasteiger partial charge in [0.05, 0.1) is 21.2 Å². The molecule has 3 aromatic rings. The molecule has 0 bridgehead atoms. The Hall–Kier alpha value is -1.74. The first kappa shape index (κ1) is 16.1. The monoisotopic (exact) mass is 365 g/mol. The fourth-order valence-electron chi connectivity index (χ4n) is 2.17. The number of sulfonamides is 1. The summed E-state index contributed by atoms with van der Waals surface area (Å²) >= 11 is 3.26. The van der Waals surface area contributed by atoms with Crippen LogP contribution in [0.3, 0.4) is 0 Å². The second-order valence-electron chi connectivity index (χ2n) is 4.78. The Labute approximate surface area is 142 Å². The van der Waals surface area contributed by atoms with Crippen molar-refractivity contribution >= 4 is 38.4 Å². The summed E-state index contributed by atoms with van der Waals surface area (Å²) in [4.78, 5) is 6.78. The number of hydrogen-bond donors (Lipinski definition) is 1. The van der Waals surface area contributed by atoms with E-state index in [1.54, 1.807) is 34.8 Å². The molecule has 0 atom stereocenters. The molecule has 0 aliphatic carbocycles. The van der Waals surface area contributed by atoms with E-state index in [0.29, 0.717) is 5.69 Å². The van der Waals surface area contributed by atoms with Crippen molar-refractivity contribution in [2.45, 2.75) is 18.4 Å². The number of hydrogen-bond acceptors (Lipinski definition) is 5. The smallest absolute Gasteiger partial charge is 0.238 e. The molecular formula is C15H15N3O2S3. The maximum Gasteiger partial charge on any atom is 0.238 e. The largest absolute Gasteiger partial charge is 0.316 e. The van der Waals surface area contributed by atoms with Crippen LogP contribution in [0.2, 0.25) is 0 Å². The molecule has 23 heavy (non-hydrogen) atoms. The summed E-state index contributed by atoms with van der Waals surface area (Å²) in [5.74, 6) is 0. The summed E-state index contributed by atoms with van der Waals surface area (Å²) < 4.78 is 24.7. The van der Waals surface area contributed by atoms with Gasteiger partial charge >= 0.3 is 0 Å². The van der Waals surface area contributed by atoms with E-state index in [-0.39, 0.29) is 4.90 Å². The average Bonchev–Trinajstić information content (AvgIpc) is 3.15. The Bertz CT molecular complexity index is 966. The van der Waals surface area contributed by atoms with E-state index in [1.807, 2.05) is 6.07 Å². The van der Waals surface area contributed by atoms with Gasteiger partial charge < -0.3 is 4.57 Å². The zero-order valence-electron chi connectivity index (χ0n) is 12.3. The Morgan fingerprint density at radius 1 is 1.17 bits per heavy atom. The van der Waals surface area contributed by atoms with Gasteiger partial charge in [0, 0.05) is 11.9 Å². The molecular weight excluding hydrogens is 350 g/mol. The summed E-state index contributed by atoms with van der Waals surface area (Å²) in [6.45, 7) is 2.89. The molecule has 2 heterocycles. The number of primary sulfonamides is 1. The lowest BCUT2D eigenvalue weighted by atomic mass is 10.3. The van der Waals surface area contributed by atoms with E-state index in [1.165, 1.54) is 17.0 Å². The van der Waals surface area contributed by atoms with Gasteiger partial charge in [-0.15, -0.1) is 22.7 Å². The Morgan fingerprint density at radius 3 is 2.48 bits per heavy atom. The third-order valence-electron chi connectivity index (χ3n) is 3.28. The van der Waals surface area contributed by atoms with Crippen molar-refractivity contribution < 1.29 is 8.42 Å². The van der Waals surface area contributed by atoms with Crippen molar-refractivity contribution in [1.29, 1.82) is 0 Å². The Kier molecular flexibility index (Phi) is 4.49. The second-order valence-corrected chi connectivity index (χ2v) is 8.12. The number of rotatable bonds is 4. The van der Waals surface area contributed by atoms with Crippen LogP contribution in [-0.4, -0.2) is 13.0 Å². The van der Waals surface area contributed by atoms with Crippen LogP contribution in [-0.2, 0) is 16.6 Å². The van der Waals surface area contributed by atoms with Crippen molar-refractivity contribution in [3.05, 3.63) is 52.0 Å². The fraction of sp³-hybridized carbons (Fsp3) is 0.133. The predicted molar refractivity (Wildman–Crippen MR) is 94.3 cm³/mol. The highest BCUT2D eigenvalue weighted by atomic mass is 32.2. The number of benzene rings is 1. The van der Waals surface area contributed by atoms with Gasteiger partial charge in [-0.3, -0.25) is 0 Å². The van der Waals surface area contributed by atoms with E-state index in [2.05, 4.69) is 33.3 Å². The van der Waals surface area contributed by atoms with Crippen molar-refractivity contribution in [3.8, 4) is 10.6 Å². The minimum Gasteiger partial charge on any atom is -0.316 e. The standard InChI is InChI=1S/C15H15N3O2S3/c1-2-18-13(14-4-3-9-21-14)10-22-15(18)17-11-5-7-12(8-6-11)23(16,19)20/h3-10H,2H2,1H3,(H2,16,19,20). The number of aromatic nitrogens is 1. The number of thiophene rings is 1. The summed E-state index contributed by atoms with van der Waals surface area (Å²) in [5, 5.41) is 9.24. The van der Waals surface area contributed by atoms with E-state index in [0.717, 1.165) is 17.0 Å². The lowest BCUT2D eigenvalue weighted by molar-refractivity contribution is 0.598. The molecule has 0 saturated heterocycles. The van der Waals surface area contributed by atoms with Crippen LogP contribution >= 0.6 is 22.7 Å². The molecule has 0 aliphatic rings. The molecule has 1 aromatic carbocycles. The van der Waals surface area contributed by atoms with E-state index in [9.17, 15) is 8.42 Å². The third-order valence-corrected chi connectivity index (χ3v) is 5.96. The molecule has 0 aliphatic heterocycles. The molecule has 2 aromatic heterocycles. The first-order valence-electron chi connectivity index (χ1n) is 6.89. The molecule has 8 heteroatoms. The van der Waals surface area contributed by atoms with Gasteiger partial charge in [0.25, 0.3) is 0 Å². The average molecular weight is 366 g/mol. The highest BCUT2D eigenvalue weighted by molar-refractivity contribution is 7.89. The first-order chi connectivity index (χ1) is 11.0. The maximum atomic E-state index is 11.3. The van der Waals surface area contributed by atoms with Crippen LogP contribution in [0.15, 0.2) is 57.0 Å². The summed E-state index contributed by atoms with van der Waals surface area (Å²) in [6, 6.07) is 10.4. The van der Waals surface area contributed by atoms with Gasteiger partial charge in [0.15, 0.2) is 4.80 Å². The van der Waals surface area contributed by atoms with Gasteiger partial charge in [-0.25, -0.2) is 18.5 Å². The van der Waals surface area contributed by atoms with Crippen LogP contribution < -0.4 is 9.94 Å². The minimum atomic E-state index is -3.67. The molecule has 0 fully saturated rings.